The molecule has 0 fully saturated rings. The molecule has 15 heavy (non-hydrogen) atoms. The van der Waals surface area contributed by atoms with Crippen LogP contribution >= 0.6 is 0 Å². The molecule has 0 radical (unpaired) electrons. The Hall–Kier alpha value is -1.88. The zero-order valence-electron chi connectivity index (χ0n) is 8.00. The van der Waals surface area contributed by atoms with E-state index in [0.717, 1.165) is 11.1 Å². The summed E-state index contributed by atoms with van der Waals surface area (Å²) in [5.74, 6) is -0.899. The van der Waals surface area contributed by atoms with E-state index in [0.29, 0.717) is 0 Å². The summed E-state index contributed by atoms with van der Waals surface area (Å²) in [5.41, 5.74) is 7.46. The Morgan fingerprint density at radius 2 is 2.40 bits per heavy atom. The summed E-state index contributed by atoms with van der Waals surface area (Å²) in [6.07, 6.45) is 3.38. The van der Waals surface area contributed by atoms with Crippen LogP contribution in [0.15, 0.2) is 30.6 Å². The van der Waals surface area contributed by atoms with Crippen LogP contribution in [0.5, 0.6) is 0 Å². The van der Waals surface area contributed by atoms with E-state index in [1.807, 2.05) is 12.1 Å². The monoisotopic (exact) mass is 205 g/mol. The van der Waals surface area contributed by atoms with Gasteiger partial charge in [0.2, 0.25) is 0 Å². The molecule has 0 aliphatic carbocycles. The van der Waals surface area contributed by atoms with E-state index in [2.05, 4.69) is 5.10 Å². The molecular formula is C10H11N3O2. The predicted molar refractivity (Wildman–Crippen MR) is 54.4 cm³/mol. The van der Waals surface area contributed by atoms with E-state index in [1.165, 1.54) is 0 Å². The number of carboxylic acid groups (broad SMARTS) is 1. The van der Waals surface area contributed by atoms with Gasteiger partial charge < -0.3 is 10.8 Å². The lowest BCUT2D eigenvalue weighted by atomic mass is 10.0. The molecule has 5 nitrogen and oxygen atoms in total. The van der Waals surface area contributed by atoms with Crippen LogP contribution in [0.2, 0.25) is 0 Å². The van der Waals surface area contributed by atoms with Gasteiger partial charge in [0.1, 0.15) is 0 Å². The number of aliphatic carboxylic acids is 1. The fraction of sp³-hybridized carbons (Fsp3) is 0.200. The molecule has 2 rings (SSSR count). The third-order valence-corrected chi connectivity index (χ3v) is 2.26. The highest BCUT2D eigenvalue weighted by atomic mass is 16.4. The van der Waals surface area contributed by atoms with Gasteiger partial charge in [0.15, 0.2) is 0 Å². The first kappa shape index (κ1) is 9.67. The highest BCUT2D eigenvalue weighted by Gasteiger charge is 2.13. The Bertz CT molecular complexity index is 492. The number of hydrogen-bond acceptors (Lipinski definition) is 3. The molecule has 0 aliphatic heterocycles. The Kier molecular flexibility index (Phi) is 2.39. The summed E-state index contributed by atoms with van der Waals surface area (Å²) in [4.78, 5) is 10.6. The molecular weight excluding hydrogens is 194 g/mol. The molecule has 2 aromatic heterocycles. The molecule has 0 saturated heterocycles. The minimum atomic E-state index is -0.899. The van der Waals surface area contributed by atoms with Gasteiger partial charge in [0.25, 0.3) is 0 Å². The molecule has 1 atom stereocenters. The zero-order valence-corrected chi connectivity index (χ0v) is 8.00. The Morgan fingerprint density at radius 3 is 3.13 bits per heavy atom. The highest BCUT2D eigenvalue weighted by Crippen LogP contribution is 2.19. The molecule has 0 aromatic carbocycles. The van der Waals surface area contributed by atoms with Crippen molar-refractivity contribution in [1.29, 1.82) is 0 Å². The van der Waals surface area contributed by atoms with E-state index < -0.39 is 12.0 Å². The molecule has 3 N–H and O–H groups in total. The van der Waals surface area contributed by atoms with Crippen molar-refractivity contribution in [1.82, 2.24) is 9.61 Å². The van der Waals surface area contributed by atoms with Crippen molar-refractivity contribution >= 4 is 11.5 Å². The number of nitrogens with zero attached hydrogens (tertiary/aromatic N) is 2. The van der Waals surface area contributed by atoms with Crippen LogP contribution in [-0.4, -0.2) is 20.7 Å². The summed E-state index contributed by atoms with van der Waals surface area (Å²) in [6, 6.07) is 4.95. The van der Waals surface area contributed by atoms with E-state index in [9.17, 15) is 4.79 Å². The van der Waals surface area contributed by atoms with Crippen molar-refractivity contribution in [3.05, 3.63) is 36.2 Å². The van der Waals surface area contributed by atoms with Crippen molar-refractivity contribution in [3.8, 4) is 0 Å². The first-order valence-electron chi connectivity index (χ1n) is 4.58. The van der Waals surface area contributed by atoms with Crippen molar-refractivity contribution in [3.63, 3.8) is 0 Å². The van der Waals surface area contributed by atoms with Gasteiger partial charge in [-0.05, 0) is 17.7 Å². The van der Waals surface area contributed by atoms with E-state index >= 15 is 0 Å². The zero-order chi connectivity index (χ0) is 10.8. The summed E-state index contributed by atoms with van der Waals surface area (Å²) in [7, 11) is 0. The Balaban J connectivity index is 2.42. The Labute approximate surface area is 86.1 Å². The smallest absolute Gasteiger partial charge is 0.305 e. The van der Waals surface area contributed by atoms with Crippen LogP contribution < -0.4 is 5.73 Å². The average Bonchev–Trinajstić information content (AvgIpc) is 2.63. The third-order valence-electron chi connectivity index (χ3n) is 2.26. The predicted octanol–water partition coefficient (Wildman–Crippen LogP) is 0.809. The van der Waals surface area contributed by atoms with Crippen molar-refractivity contribution in [2.24, 2.45) is 5.73 Å². The summed E-state index contributed by atoms with van der Waals surface area (Å²) in [6.45, 7) is 0. The summed E-state index contributed by atoms with van der Waals surface area (Å²) >= 11 is 0. The number of rotatable bonds is 3. The van der Waals surface area contributed by atoms with Gasteiger partial charge in [-0.15, -0.1) is 0 Å². The average molecular weight is 205 g/mol. The second-order valence-corrected chi connectivity index (χ2v) is 3.33. The minimum Gasteiger partial charge on any atom is -0.481 e. The largest absolute Gasteiger partial charge is 0.481 e. The number of hydrogen-bond donors (Lipinski definition) is 2. The third kappa shape index (κ3) is 1.82. The number of carbonyl (C=O) groups is 1. The van der Waals surface area contributed by atoms with Crippen LogP contribution in [0, 0.1) is 0 Å². The van der Waals surface area contributed by atoms with Crippen LogP contribution in [-0.2, 0) is 4.79 Å². The normalized spacial score (nSPS) is 12.9. The molecule has 0 aliphatic rings. The topological polar surface area (TPSA) is 80.6 Å². The fourth-order valence-corrected chi connectivity index (χ4v) is 1.59. The van der Waals surface area contributed by atoms with Crippen molar-refractivity contribution < 1.29 is 9.90 Å². The first-order valence-corrected chi connectivity index (χ1v) is 4.58. The number of pyridine rings is 1. The van der Waals surface area contributed by atoms with Crippen molar-refractivity contribution in [2.45, 2.75) is 12.5 Å². The maximum atomic E-state index is 10.6. The molecule has 0 bridgehead atoms. The minimum absolute atomic E-state index is 0.0785. The van der Waals surface area contributed by atoms with Gasteiger partial charge in [0, 0.05) is 18.4 Å². The number of nitrogens with two attached hydrogens (primary N) is 1. The van der Waals surface area contributed by atoms with Gasteiger partial charge in [-0.2, -0.15) is 5.10 Å². The fourth-order valence-electron chi connectivity index (χ4n) is 1.59. The molecule has 2 heterocycles. The standard InChI is InChI=1S/C10H11N3O2/c11-8(6-10(14)15)7-2-1-5-13-9(7)3-4-12-13/h1-5,8H,6,11H2,(H,14,15). The van der Waals surface area contributed by atoms with Crippen LogP contribution in [0.4, 0.5) is 0 Å². The second-order valence-electron chi connectivity index (χ2n) is 3.33. The van der Waals surface area contributed by atoms with E-state index in [-0.39, 0.29) is 6.42 Å². The lowest BCUT2D eigenvalue weighted by Gasteiger charge is -2.10. The molecule has 2 aromatic rings. The summed E-state index contributed by atoms with van der Waals surface area (Å²) < 4.78 is 1.68. The van der Waals surface area contributed by atoms with Gasteiger partial charge in [-0.3, -0.25) is 4.79 Å². The lowest BCUT2D eigenvalue weighted by Crippen LogP contribution is -2.15. The molecule has 0 saturated carbocycles. The van der Waals surface area contributed by atoms with Crippen LogP contribution in [0.25, 0.3) is 5.52 Å². The molecule has 0 amide bonds. The highest BCUT2D eigenvalue weighted by molar-refractivity contribution is 5.69. The van der Waals surface area contributed by atoms with Crippen LogP contribution in [0.3, 0.4) is 0 Å². The first-order chi connectivity index (χ1) is 7.18. The maximum absolute atomic E-state index is 10.6. The maximum Gasteiger partial charge on any atom is 0.305 e. The van der Waals surface area contributed by atoms with Crippen molar-refractivity contribution in [2.75, 3.05) is 0 Å². The lowest BCUT2D eigenvalue weighted by molar-refractivity contribution is -0.137. The van der Waals surface area contributed by atoms with E-state index in [4.69, 9.17) is 10.8 Å². The SMILES string of the molecule is NC(CC(=O)O)c1cccn2nccc12. The molecule has 1 unspecified atom stereocenters. The molecule has 5 heteroatoms. The number of carboxylic acids is 1. The van der Waals surface area contributed by atoms with Crippen LogP contribution in [0.1, 0.15) is 18.0 Å². The van der Waals surface area contributed by atoms with Gasteiger partial charge >= 0.3 is 5.97 Å². The van der Waals surface area contributed by atoms with Gasteiger partial charge in [0.05, 0.1) is 11.9 Å². The van der Waals surface area contributed by atoms with Gasteiger partial charge in [-0.25, -0.2) is 4.52 Å². The quantitative estimate of drug-likeness (QED) is 0.776. The number of fused-ring (bicyclic) bond motifs is 1. The molecule has 0 spiro atoms. The number of aromatic nitrogens is 2. The molecule has 78 valence electrons. The van der Waals surface area contributed by atoms with E-state index in [1.54, 1.807) is 23.0 Å². The van der Waals surface area contributed by atoms with Gasteiger partial charge in [-0.1, -0.05) is 6.07 Å². The second kappa shape index (κ2) is 3.70. The summed E-state index contributed by atoms with van der Waals surface area (Å²) in [5, 5.41) is 12.7. The Morgan fingerprint density at radius 1 is 1.60 bits per heavy atom.